The summed E-state index contributed by atoms with van der Waals surface area (Å²) in [4.78, 5) is 22.7. The van der Waals surface area contributed by atoms with Crippen molar-refractivity contribution in [2.75, 3.05) is 0 Å². The van der Waals surface area contributed by atoms with Gasteiger partial charge in [-0.25, -0.2) is 0 Å². The second-order valence-electron chi connectivity index (χ2n) is 4.84. The van der Waals surface area contributed by atoms with Crippen molar-refractivity contribution in [1.82, 2.24) is 5.32 Å². The molecule has 2 unspecified atom stereocenters. The summed E-state index contributed by atoms with van der Waals surface area (Å²) in [7, 11) is 0. The third kappa shape index (κ3) is 2.90. The van der Waals surface area contributed by atoms with Crippen molar-refractivity contribution in [3.8, 4) is 0 Å². The zero-order valence-corrected chi connectivity index (χ0v) is 11.1. The van der Waals surface area contributed by atoms with Gasteiger partial charge in [0, 0.05) is 12.5 Å². The molecule has 0 saturated heterocycles. The van der Waals surface area contributed by atoms with Crippen LogP contribution in [0.4, 0.5) is 0 Å². The molecule has 0 radical (unpaired) electrons. The number of aliphatic carboxylic acids is 1. The molecule has 2 atom stereocenters. The number of carboxylic acid groups (broad SMARTS) is 1. The summed E-state index contributed by atoms with van der Waals surface area (Å²) in [5.74, 6) is -1.27. The average molecular weight is 267 g/mol. The van der Waals surface area contributed by atoms with Gasteiger partial charge < -0.3 is 10.4 Å². The first-order valence-corrected chi connectivity index (χ1v) is 7.04. The molecule has 0 spiro atoms. The van der Waals surface area contributed by atoms with Gasteiger partial charge in [0.15, 0.2) is 0 Å². The van der Waals surface area contributed by atoms with Crippen molar-refractivity contribution in [2.45, 2.75) is 32.7 Å². The van der Waals surface area contributed by atoms with Gasteiger partial charge in [-0.15, -0.1) is 0 Å². The van der Waals surface area contributed by atoms with E-state index in [2.05, 4.69) is 10.7 Å². The maximum Gasteiger partial charge on any atom is 0.306 e. The zero-order valence-electron chi connectivity index (χ0n) is 10.3. The molecule has 1 aromatic heterocycles. The molecule has 1 saturated carbocycles. The van der Waals surface area contributed by atoms with Crippen LogP contribution in [0.2, 0.25) is 0 Å². The summed E-state index contributed by atoms with van der Waals surface area (Å²) in [5, 5.41) is 15.9. The molecule has 1 aromatic rings. The molecule has 4 nitrogen and oxygen atoms in total. The van der Waals surface area contributed by atoms with Crippen LogP contribution in [0.1, 0.15) is 30.4 Å². The maximum absolute atomic E-state index is 11.9. The molecule has 5 heteroatoms. The van der Waals surface area contributed by atoms with Crippen LogP contribution in [0, 0.1) is 18.8 Å². The minimum atomic E-state index is -0.779. The van der Waals surface area contributed by atoms with Gasteiger partial charge in [0.2, 0.25) is 5.91 Å². The molecule has 18 heavy (non-hydrogen) atoms. The highest BCUT2D eigenvalue weighted by Crippen LogP contribution is 2.31. The molecule has 1 fully saturated rings. The first-order valence-electron chi connectivity index (χ1n) is 6.10. The first kappa shape index (κ1) is 13.1. The zero-order chi connectivity index (χ0) is 13.1. The number of carboxylic acids is 1. The van der Waals surface area contributed by atoms with Crippen LogP contribution in [0.25, 0.3) is 0 Å². The quantitative estimate of drug-likeness (QED) is 0.878. The fourth-order valence-electron chi connectivity index (χ4n) is 2.34. The molecule has 1 aliphatic carbocycles. The number of hydrogen-bond donors (Lipinski definition) is 2. The first-order chi connectivity index (χ1) is 8.58. The van der Waals surface area contributed by atoms with Crippen molar-refractivity contribution >= 4 is 23.2 Å². The standard InChI is InChI=1S/C13H17NO3S/c1-8-6-18-7-11(8)5-14-12(15)9-2-3-10(4-9)13(16)17/h6-7,9-10H,2-5H2,1H3,(H,14,15)(H,16,17). The highest BCUT2D eigenvalue weighted by molar-refractivity contribution is 7.08. The van der Waals surface area contributed by atoms with E-state index >= 15 is 0 Å². The maximum atomic E-state index is 11.9. The number of amides is 1. The molecule has 1 heterocycles. The highest BCUT2D eigenvalue weighted by atomic mass is 32.1. The van der Waals surface area contributed by atoms with Crippen molar-refractivity contribution in [3.05, 3.63) is 21.9 Å². The van der Waals surface area contributed by atoms with E-state index in [0.29, 0.717) is 25.8 Å². The molecule has 2 rings (SSSR count). The number of carbonyl (C=O) groups is 2. The predicted molar refractivity (Wildman–Crippen MR) is 69.4 cm³/mol. The minimum absolute atomic E-state index is 0.00986. The topological polar surface area (TPSA) is 66.4 Å². The van der Waals surface area contributed by atoms with Gasteiger partial charge in [-0.3, -0.25) is 9.59 Å². The second-order valence-corrected chi connectivity index (χ2v) is 5.59. The van der Waals surface area contributed by atoms with E-state index in [0.717, 1.165) is 5.56 Å². The van der Waals surface area contributed by atoms with E-state index in [-0.39, 0.29) is 17.7 Å². The molecule has 2 N–H and O–H groups in total. The summed E-state index contributed by atoms with van der Waals surface area (Å²) in [6.07, 6.45) is 1.78. The number of nitrogens with one attached hydrogen (secondary N) is 1. The lowest BCUT2D eigenvalue weighted by Gasteiger charge is -2.10. The molecule has 1 amide bonds. The molecular weight excluding hydrogens is 250 g/mol. The van der Waals surface area contributed by atoms with E-state index in [4.69, 9.17) is 5.11 Å². The van der Waals surface area contributed by atoms with Crippen LogP contribution in [0.15, 0.2) is 10.8 Å². The third-order valence-electron chi connectivity index (χ3n) is 3.57. The van der Waals surface area contributed by atoms with Gasteiger partial charge in [0.25, 0.3) is 0 Å². The molecule has 0 bridgehead atoms. The summed E-state index contributed by atoms with van der Waals surface area (Å²) in [5.41, 5.74) is 2.33. The van der Waals surface area contributed by atoms with Gasteiger partial charge in [0.05, 0.1) is 5.92 Å². The van der Waals surface area contributed by atoms with Crippen LogP contribution >= 0.6 is 11.3 Å². The molecular formula is C13H17NO3S. The number of carbonyl (C=O) groups excluding carboxylic acids is 1. The Morgan fingerprint density at radius 1 is 1.39 bits per heavy atom. The van der Waals surface area contributed by atoms with E-state index in [1.54, 1.807) is 11.3 Å². The Bertz CT molecular complexity index is 455. The largest absolute Gasteiger partial charge is 0.481 e. The monoisotopic (exact) mass is 267 g/mol. The van der Waals surface area contributed by atoms with Crippen LogP contribution in [-0.4, -0.2) is 17.0 Å². The molecule has 1 aliphatic rings. The summed E-state index contributed by atoms with van der Waals surface area (Å²) in [6, 6.07) is 0. The number of hydrogen-bond acceptors (Lipinski definition) is 3. The average Bonchev–Trinajstić information content (AvgIpc) is 2.94. The van der Waals surface area contributed by atoms with E-state index in [1.807, 2.05) is 12.3 Å². The fourth-order valence-corrected chi connectivity index (χ4v) is 3.20. The van der Waals surface area contributed by atoms with Gasteiger partial charge in [-0.2, -0.15) is 11.3 Å². The van der Waals surface area contributed by atoms with Crippen molar-refractivity contribution in [3.63, 3.8) is 0 Å². The minimum Gasteiger partial charge on any atom is -0.481 e. The summed E-state index contributed by atoms with van der Waals surface area (Å²) < 4.78 is 0. The van der Waals surface area contributed by atoms with Gasteiger partial charge in [0.1, 0.15) is 0 Å². The number of rotatable bonds is 4. The van der Waals surface area contributed by atoms with Crippen LogP contribution < -0.4 is 5.32 Å². The SMILES string of the molecule is Cc1cscc1CNC(=O)C1CCC(C(=O)O)C1. The van der Waals surface area contributed by atoms with Crippen LogP contribution in [0.5, 0.6) is 0 Å². The lowest BCUT2D eigenvalue weighted by molar-refractivity contribution is -0.141. The van der Waals surface area contributed by atoms with Crippen molar-refractivity contribution in [1.29, 1.82) is 0 Å². The Morgan fingerprint density at radius 2 is 2.11 bits per heavy atom. The lowest BCUT2D eigenvalue weighted by atomic mass is 10.0. The Hall–Kier alpha value is -1.36. The molecule has 0 aromatic carbocycles. The Kier molecular flexibility index (Phi) is 4.01. The lowest BCUT2D eigenvalue weighted by Crippen LogP contribution is -2.29. The Balaban J connectivity index is 1.83. The molecule has 0 aliphatic heterocycles. The van der Waals surface area contributed by atoms with Gasteiger partial charge in [-0.1, -0.05) is 0 Å². The van der Waals surface area contributed by atoms with E-state index in [9.17, 15) is 9.59 Å². The van der Waals surface area contributed by atoms with Gasteiger partial charge >= 0.3 is 5.97 Å². The van der Waals surface area contributed by atoms with Crippen LogP contribution in [0.3, 0.4) is 0 Å². The Labute approximate surface area is 110 Å². The molecule has 98 valence electrons. The predicted octanol–water partition coefficient (Wildman–Crippen LogP) is 2.17. The fraction of sp³-hybridized carbons (Fsp3) is 0.538. The van der Waals surface area contributed by atoms with E-state index < -0.39 is 5.97 Å². The second kappa shape index (κ2) is 5.52. The Morgan fingerprint density at radius 3 is 2.67 bits per heavy atom. The summed E-state index contributed by atoms with van der Waals surface area (Å²) in [6.45, 7) is 2.57. The summed E-state index contributed by atoms with van der Waals surface area (Å²) >= 11 is 1.63. The number of thiophene rings is 1. The third-order valence-corrected chi connectivity index (χ3v) is 4.48. The van der Waals surface area contributed by atoms with E-state index in [1.165, 1.54) is 5.56 Å². The smallest absolute Gasteiger partial charge is 0.306 e. The van der Waals surface area contributed by atoms with Crippen molar-refractivity contribution in [2.24, 2.45) is 11.8 Å². The van der Waals surface area contributed by atoms with Gasteiger partial charge in [-0.05, 0) is 48.1 Å². The van der Waals surface area contributed by atoms with Crippen molar-refractivity contribution < 1.29 is 14.7 Å². The number of aryl methyl sites for hydroxylation is 1. The normalized spacial score (nSPS) is 22.9. The van der Waals surface area contributed by atoms with Crippen LogP contribution in [-0.2, 0) is 16.1 Å². The highest BCUT2D eigenvalue weighted by Gasteiger charge is 2.33.